The van der Waals surface area contributed by atoms with Crippen molar-refractivity contribution in [2.24, 2.45) is 0 Å². The van der Waals surface area contributed by atoms with E-state index in [1.807, 2.05) is 55.5 Å². The molecule has 5 aromatic rings. The second-order valence-electron chi connectivity index (χ2n) is 8.56. The van der Waals surface area contributed by atoms with Gasteiger partial charge in [-0.2, -0.15) is 9.94 Å². The maximum Gasteiger partial charge on any atom is 0.340 e. The summed E-state index contributed by atoms with van der Waals surface area (Å²) >= 11 is 0. The predicted octanol–water partition coefficient (Wildman–Crippen LogP) is 5.03. The Bertz CT molecular complexity index is 1570. The summed E-state index contributed by atoms with van der Waals surface area (Å²) in [6.45, 7) is 3.99. The number of rotatable bonds is 9. The van der Waals surface area contributed by atoms with Crippen molar-refractivity contribution in [1.29, 1.82) is 0 Å². The number of fused-ring (bicyclic) bond motifs is 1. The molecule has 10 nitrogen and oxygen atoms in total. The Hall–Kier alpha value is -4.86. The van der Waals surface area contributed by atoms with E-state index in [9.17, 15) is 10.0 Å². The molecular weight excluding hydrogens is 484 g/mol. The summed E-state index contributed by atoms with van der Waals surface area (Å²) in [5.41, 5.74) is 3.86. The van der Waals surface area contributed by atoms with Gasteiger partial charge < -0.3 is 14.7 Å². The van der Waals surface area contributed by atoms with Crippen molar-refractivity contribution in [3.05, 3.63) is 83.2 Å². The minimum Gasteiger partial charge on any atom is -0.618 e. The fraction of sp³-hybridized carbons (Fsp3) is 0.214. The lowest BCUT2D eigenvalue weighted by molar-refractivity contribution is -0.586. The monoisotopic (exact) mass is 510 g/mol. The molecule has 0 spiro atoms. The van der Waals surface area contributed by atoms with Gasteiger partial charge in [0.25, 0.3) is 11.6 Å². The van der Waals surface area contributed by atoms with Crippen molar-refractivity contribution in [3.63, 3.8) is 0 Å². The van der Waals surface area contributed by atoms with Crippen molar-refractivity contribution in [2.45, 2.75) is 33.1 Å². The number of H-pyrrole nitrogens is 1. The molecule has 0 aliphatic rings. The Balaban J connectivity index is 1.53. The smallest absolute Gasteiger partial charge is 0.340 e. The Morgan fingerprint density at radius 1 is 1.00 bits per heavy atom. The van der Waals surface area contributed by atoms with Crippen LogP contribution in [0, 0.1) is 5.21 Å². The highest BCUT2D eigenvalue weighted by molar-refractivity contribution is 6.01. The van der Waals surface area contributed by atoms with E-state index in [0.29, 0.717) is 29.2 Å². The minimum atomic E-state index is -0.539. The number of esters is 1. The van der Waals surface area contributed by atoms with Crippen LogP contribution in [0.3, 0.4) is 0 Å². The van der Waals surface area contributed by atoms with Crippen molar-refractivity contribution in [1.82, 2.24) is 25.6 Å². The minimum absolute atomic E-state index is 0.164. The van der Waals surface area contributed by atoms with Crippen LogP contribution >= 0.6 is 0 Å². The van der Waals surface area contributed by atoms with E-state index in [1.165, 1.54) is 0 Å². The van der Waals surface area contributed by atoms with Crippen molar-refractivity contribution in [2.75, 3.05) is 6.61 Å². The average Bonchev–Trinajstić information content (AvgIpc) is 3.48. The molecule has 2 heterocycles. The number of aromatic nitrogens is 6. The molecule has 0 saturated heterocycles. The van der Waals surface area contributed by atoms with Crippen molar-refractivity contribution >= 4 is 17.0 Å². The molecule has 0 fully saturated rings. The highest BCUT2D eigenvalue weighted by atomic mass is 16.5. The van der Waals surface area contributed by atoms with E-state index in [2.05, 4.69) is 25.6 Å². The van der Waals surface area contributed by atoms with Gasteiger partial charge in [0.1, 0.15) is 5.75 Å². The lowest BCUT2D eigenvalue weighted by atomic mass is 9.99. The Morgan fingerprint density at radius 2 is 1.79 bits per heavy atom. The number of nitrogens with zero attached hydrogens (tertiary/aromatic N) is 5. The number of carbonyl (C=O) groups excluding carboxylic acids is 1. The molecule has 0 bridgehead atoms. The molecule has 192 valence electrons. The van der Waals surface area contributed by atoms with E-state index >= 15 is 0 Å². The van der Waals surface area contributed by atoms with Crippen LogP contribution in [0.1, 0.15) is 42.7 Å². The molecule has 0 atom stereocenters. The topological polar surface area (TPSA) is 130 Å². The number of unbranched alkanes of at least 4 members (excludes halogenated alkanes) is 1. The van der Waals surface area contributed by atoms with Gasteiger partial charge in [0.05, 0.1) is 12.2 Å². The van der Waals surface area contributed by atoms with Gasteiger partial charge in [0, 0.05) is 18.1 Å². The number of para-hydroxylation sites is 1. The Morgan fingerprint density at radius 3 is 2.50 bits per heavy atom. The number of carbonyl (C=O) groups is 1. The van der Waals surface area contributed by atoms with Crippen LogP contribution in [-0.2, 0) is 11.2 Å². The quantitative estimate of drug-likeness (QED) is 0.166. The Kier molecular flexibility index (Phi) is 7.21. The number of nitrogens with one attached hydrogen (secondary N) is 1. The summed E-state index contributed by atoms with van der Waals surface area (Å²) in [4.78, 5) is 17.2. The molecule has 0 unspecified atom stereocenters. The molecule has 0 radical (unpaired) electrons. The first-order valence-corrected chi connectivity index (χ1v) is 12.4. The molecule has 0 aliphatic heterocycles. The largest absolute Gasteiger partial charge is 0.618 e. The van der Waals surface area contributed by atoms with Crippen molar-refractivity contribution < 1.29 is 19.0 Å². The van der Waals surface area contributed by atoms with E-state index < -0.39 is 5.97 Å². The van der Waals surface area contributed by atoms with E-state index in [4.69, 9.17) is 9.47 Å². The van der Waals surface area contributed by atoms with Crippen LogP contribution in [0.25, 0.3) is 33.5 Å². The third-order valence-corrected chi connectivity index (χ3v) is 6.09. The van der Waals surface area contributed by atoms with Crippen LogP contribution in [0.15, 0.2) is 66.7 Å². The van der Waals surface area contributed by atoms with Crippen LogP contribution in [-0.4, -0.2) is 38.2 Å². The lowest BCUT2D eigenvalue weighted by Gasteiger charge is -2.14. The molecule has 0 amide bonds. The summed E-state index contributed by atoms with van der Waals surface area (Å²) in [5.74, 6) is 0.628. The van der Waals surface area contributed by atoms with Gasteiger partial charge >= 0.3 is 5.97 Å². The van der Waals surface area contributed by atoms with Crippen LogP contribution < -0.4 is 9.47 Å². The number of aromatic amines is 1. The molecule has 3 aromatic carbocycles. The first-order chi connectivity index (χ1) is 18.6. The fourth-order valence-electron chi connectivity index (χ4n) is 4.24. The van der Waals surface area contributed by atoms with Crippen molar-refractivity contribution in [3.8, 4) is 34.1 Å². The van der Waals surface area contributed by atoms with Gasteiger partial charge in [-0.05, 0) is 47.9 Å². The maximum atomic E-state index is 13.4. The van der Waals surface area contributed by atoms with E-state index in [1.54, 1.807) is 25.1 Å². The summed E-state index contributed by atoms with van der Waals surface area (Å²) in [7, 11) is 0. The van der Waals surface area contributed by atoms with E-state index in [-0.39, 0.29) is 23.6 Å². The maximum absolute atomic E-state index is 13.4. The molecule has 1 N–H and O–H groups in total. The SMILES string of the molecule is CCCCc1c(Oc2ccc(-c3ccccc3-c3nn[nH]n3)cc2)nc2c(C(=O)OCC)cccc2[n+]1[O-]. The number of tetrazole rings is 1. The van der Waals surface area contributed by atoms with Gasteiger partial charge in [-0.15, -0.1) is 10.2 Å². The molecule has 38 heavy (non-hydrogen) atoms. The van der Waals surface area contributed by atoms with E-state index in [0.717, 1.165) is 34.3 Å². The second kappa shape index (κ2) is 11.0. The normalized spacial score (nSPS) is 11.0. The second-order valence-corrected chi connectivity index (χ2v) is 8.56. The summed E-state index contributed by atoms with van der Waals surface area (Å²) in [5, 5.41) is 27.7. The molecule has 5 rings (SSSR count). The van der Waals surface area contributed by atoms with Gasteiger partial charge in [-0.3, -0.25) is 0 Å². The highest BCUT2D eigenvalue weighted by Crippen LogP contribution is 2.32. The number of benzene rings is 3. The number of hydrogen-bond acceptors (Lipinski definition) is 8. The van der Waals surface area contributed by atoms with Gasteiger partial charge in [-0.25, -0.2) is 9.78 Å². The first-order valence-electron chi connectivity index (χ1n) is 12.4. The fourth-order valence-corrected chi connectivity index (χ4v) is 4.24. The summed E-state index contributed by atoms with van der Waals surface area (Å²) in [6.07, 6.45) is 2.17. The van der Waals surface area contributed by atoms with Gasteiger partial charge in [-0.1, -0.05) is 55.8 Å². The zero-order chi connectivity index (χ0) is 26.5. The zero-order valence-corrected chi connectivity index (χ0v) is 21.0. The number of hydrogen-bond donors (Lipinski definition) is 1. The summed E-state index contributed by atoms with van der Waals surface area (Å²) < 4.78 is 12.1. The van der Waals surface area contributed by atoms with Crippen LogP contribution in [0.4, 0.5) is 0 Å². The molecule has 0 saturated carbocycles. The third-order valence-electron chi connectivity index (χ3n) is 6.09. The molecule has 2 aromatic heterocycles. The predicted molar refractivity (Wildman–Crippen MR) is 140 cm³/mol. The number of ether oxygens (including phenoxy) is 2. The third kappa shape index (κ3) is 4.88. The standard InChI is InChI=1S/C28H26N6O4/c1-3-5-12-24-27(29-25-22(28(35)37-4-2)11-8-13-23(25)34(24)36)38-19-16-14-18(15-17-19)20-9-6-7-10-21(20)26-30-32-33-31-26/h6-11,13-17H,3-5,12H2,1-2H3,(H,30,31,32,33). The highest BCUT2D eigenvalue weighted by Gasteiger charge is 2.25. The Labute approximate surface area is 218 Å². The average molecular weight is 511 g/mol. The molecule has 0 aliphatic carbocycles. The van der Waals surface area contributed by atoms with Crippen LogP contribution in [0.2, 0.25) is 0 Å². The van der Waals surface area contributed by atoms with Gasteiger partial charge in [0.15, 0.2) is 5.52 Å². The van der Waals surface area contributed by atoms with Crippen LogP contribution in [0.5, 0.6) is 11.6 Å². The lowest BCUT2D eigenvalue weighted by Crippen LogP contribution is -2.34. The summed E-state index contributed by atoms with van der Waals surface area (Å²) in [6, 6.07) is 20.1. The molecule has 10 heteroatoms. The first kappa shape index (κ1) is 24.8. The zero-order valence-electron chi connectivity index (χ0n) is 21.0. The molecular formula is C28H26N6O4. The van der Waals surface area contributed by atoms with Gasteiger partial charge in [0.2, 0.25) is 11.3 Å².